The minimum absolute atomic E-state index is 0.0805. The van der Waals surface area contributed by atoms with E-state index in [1.807, 2.05) is 30.3 Å². The number of nitrogens with zero attached hydrogens (tertiary/aromatic N) is 1. The van der Waals surface area contributed by atoms with Gasteiger partial charge < -0.3 is 14.6 Å². The van der Waals surface area contributed by atoms with Gasteiger partial charge in [-0.1, -0.05) is 30.3 Å². The number of esters is 1. The minimum atomic E-state index is -0.775. The first-order valence-electron chi connectivity index (χ1n) is 6.93. The predicted octanol–water partition coefficient (Wildman–Crippen LogP) is 1.32. The number of aliphatic hydroxyl groups is 1. The summed E-state index contributed by atoms with van der Waals surface area (Å²) in [5.41, 5.74) is 0.860. The number of ether oxygens (including phenoxy) is 2. The van der Waals surface area contributed by atoms with E-state index in [0.29, 0.717) is 0 Å². The topological polar surface area (TPSA) is 76.1 Å². The Bertz CT molecular complexity index is 490. The van der Waals surface area contributed by atoms with E-state index in [4.69, 9.17) is 9.47 Å². The highest BCUT2D eigenvalue weighted by Crippen LogP contribution is 2.20. The highest BCUT2D eigenvalue weighted by Gasteiger charge is 2.40. The van der Waals surface area contributed by atoms with Crippen LogP contribution in [0.2, 0.25) is 0 Å². The summed E-state index contributed by atoms with van der Waals surface area (Å²) in [4.78, 5) is 25.1. The monoisotopic (exact) mass is 293 g/mol. The van der Waals surface area contributed by atoms with Crippen molar-refractivity contribution in [3.05, 3.63) is 35.9 Å². The molecule has 1 aromatic rings. The third-order valence-electron chi connectivity index (χ3n) is 3.28. The lowest BCUT2D eigenvalue weighted by Crippen LogP contribution is -2.41. The minimum Gasteiger partial charge on any atom is -0.464 e. The lowest BCUT2D eigenvalue weighted by Gasteiger charge is -2.22. The molecular weight excluding hydrogens is 274 g/mol. The van der Waals surface area contributed by atoms with Crippen molar-refractivity contribution in [2.24, 2.45) is 0 Å². The van der Waals surface area contributed by atoms with Crippen LogP contribution in [0.1, 0.15) is 18.9 Å². The lowest BCUT2D eigenvalue weighted by molar-refractivity contribution is -0.148. The lowest BCUT2D eigenvalue weighted by atomic mass is 10.2. The van der Waals surface area contributed by atoms with Crippen LogP contribution in [0.3, 0.4) is 0 Å². The number of likely N-dealkylation sites (tertiary alicyclic amines) is 1. The van der Waals surface area contributed by atoms with Crippen molar-refractivity contribution in [2.45, 2.75) is 32.1 Å². The molecule has 1 aliphatic rings. The van der Waals surface area contributed by atoms with Crippen LogP contribution in [0.15, 0.2) is 30.3 Å². The fourth-order valence-electron chi connectivity index (χ4n) is 2.28. The van der Waals surface area contributed by atoms with E-state index in [2.05, 4.69) is 0 Å². The molecule has 2 rings (SSSR count). The van der Waals surface area contributed by atoms with Crippen LogP contribution in [0, 0.1) is 0 Å². The highest BCUT2D eigenvalue weighted by molar-refractivity contribution is 5.82. The van der Waals surface area contributed by atoms with E-state index in [0.717, 1.165) is 5.56 Å². The third kappa shape index (κ3) is 3.95. The summed E-state index contributed by atoms with van der Waals surface area (Å²) in [5.74, 6) is -0.509. The molecule has 0 radical (unpaired) electrons. The molecule has 1 fully saturated rings. The largest absolute Gasteiger partial charge is 0.464 e. The fraction of sp³-hybridized carbons (Fsp3) is 0.467. The average Bonchev–Trinajstić information content (AvgIpc) is 2.88. The van der Waals surface area contributed by atoms with Gasteiger partial charge in [0.2, 0.25) is 0 Å². The number of β-amino-alcohol motifs (C(OH)–C–C–N with tert-alkyl or cyclic N) is 1. The molecule has 0 unspecified atom stereocenters. The van der Waals surface area contributed by atoms with Gasteiger partial charge in [-0.05, 0) is 12.5 Å². The van der Waals surface area contributed by atoms with Gasteiger partial charge in [0, 0.05) is 6.42 Å². The number of hydrogen-bond donors (Lipinski definition) is 1. The van der Waals surface area contributed by atoms with Crippen molar-refractivity contribution in [2.75, 3.05) is 13.2 Å². The number of amides is 1. The zero-order valence-corrected chi connectivity index (χ0v) is 11.9. The molecule has 0 bridgehead atoms. The second-order valence-corrected chi connectivity index (χ2v) is 4.85. The van der Waals surface area contributed by atoms with Crippen LogP contribution in [0.25, 0.3) is 0 Å². The molecule has 1 saturated heterocycles. The van der Waals surface area contributed by atoms with E-state index in [9.17, 15) is 14.7 Å². The van der Waals surface area contributed by atoms with Crippen LogP contribution in [0.4, 0.5) is 4.79 Å². The van der Waals surface area contributed by atoms with Crippen molar-refractivity contribution < 1.29 is 24.2 Å². The first-order chi connectivity index (χ1) is 10.1. The number of hydrogen-bond acceptors (Lipinski definition) is 5. The maximum atomic E-state index is 12.1. The molecule has 0 saturated carbocycles. The standard InChI is InChI=1S/C15H19NO5/c1-2-20-14(18)13-8-12(17)9-16(13)15(19)21-10-11-6-4-3-5-7-11/h3-7,12-13,17H,2,8-10H2,1H3/t12-,13+/m1/s1. The van der Waals surface area contributed by atoms with Crippen molar-refractivity contribution in [3.8, 4) is 0 Å². The fourth-order valence-corrected chi connectivity index (χ4v) is 2.28. The summed E-state index contributed by atoms with van der Waals surface area (Å²) in [7, 11) is 0. The molecule has 0 aliphatic carbocycles. The average molecular weight is 293 g/mol. The van der Waals surface area contributed by atoms with Gasteiger partial charge in [0.15, 0.2) is 0 Å². The summed E-state index contributed by atoms with van der Waals surface area (Å²) in [6.45, 7) is 2.14. The number of carbonyl (C=O) groups is 2. The van der Waals surface area contributed by atoms with Crippen LogP contribution in [0.5, 0.6) is 0 Å². The second-order valence-electron chi connectivity index (χ2n) is 4.85. The van der Waals surface area contributed by atoms with Crippen molar-refractivity contribution in [1.29, 1.82) is 0 Å². The molecular formula is C15H19NO5. The van der Waals surface area contributed by atoms with E-state index >= 15 is 0 Å². The summed E-state index contributed by atoms with van der Waals surface area (Å²) in [5, 5.41) is 9.66. The molecule has 1 N–H and O–H groups in total. The van der Waals surface area contributed by atoms with Crippen LogP contribution < -0.4 is 0 Å². The smallest absolute Gasteiger partial charge is 0.410 e. The molecule has 1 heterocycles. The number of benzene rings is 1. The quantitative estimate of drug-likeness (QED) is 0.847. The Morgan fingerprint density at radius 2 is 2.00 bits per heavy atom. The van der Waals surface area contributed by atoms with Crippen LogP contribution in [-0.2, 0) is 20.9 Å². The van der Waals surface area contributed by atoms with Crippen molar-refractivity contribution in [1.82, 2.24) is 4.90 Å². The zero-order valence-electron chi connectivity index (χ0n) is 11.9. The normalized spacial score (nSPS) is 21.1. The SMILES string of the molecule is CCOC(=O)[C@@H]1C[C@@H](O)CN1C(=O)OCc1ccccc1. The number of aliphatic hydroxyl groups excluding tert-OH is 1. The summed E-state index contributed by atoms with van der Waals surface area (Å²) in [6, 6.07) is 8.49. The summed E-state index contributed by atoms with van der Waals surface area (Å²) in [6.07, 6.45) is -1.17. The Morgan fingerprint density at radius 1 is 1.29 bits per heavy atom. The predicted molar refractivity (Wildman–Crippen MR) is 74.4 cm³/mol. The molecule has 1 aliphatic heterocycles. The molecule has 1 aromatic carbocycles. The molecule has 0 aromatic heterocycles. The van der Waals surface area contributed by atoms with Gasteiger partial charge in [0.05, 0.1) is 19.3 Å². The Balaban J connectivity index is 1.94. The van der Waals surface area contributed by atoms with Gasteiger partial charge in [0.1, 0.15) is 12.6 Å². The molecule has 2 atom stereocenters. The van der Waals surface area contributed by atoms with Gasteiger partial charge in [-0.15, -0.1) is 0 Å². The van der Waals surface area contributed by atoms with E-state index < -0.39 is 24.2 Å². The Hall–Kier alpha value is -2.08. The number of rotatable bonds is 4. The summed E-state index contributed by atoms with van der Waals surface area (Å²) < 4.78 is 10.1. The van der Waals surface area contributed by atoms with Crippen molar-refractivity contribution in [3.63, 3.8) is 0 Å². The van der Waals surface area contributed by atoms with Gasteiger partial charge >= 0.3 is 12.1 Å². The Morgan fingerprint density at radius 3 is 2.67 bits per heavy atom. The maximum absolute atomic E-state index is 12.1. The first-order valence-corrected chi connectivity index (χ1v) is 6.93. The molecule has 114 valence electrons. The molecule has 21 heavy (non-hydrogen) atoms. The maximum Gasteiger partial charge on any atom is 0.410 e. The van der Waals surface area contributed by atoms with Crippen LogP contribution >= 0.6 is 0 Å². The van der Waals surface area contributed by atoms with E-state index in [1.165, 1.54) is 4.90 Å². The van der Waals surface area contributed by atoms with Gasteiger partial charge in [-0.2, -0.15) is 0 Å². The summed E-state index contributed by atoms with van der Waals surface area (Å²) >= 11 is 0. The Kier molecular flexibility index (Phi) is 5.16. The van der Waals surface area contributed by atoms with E-state index in [-0.39, 0.29) is 26.2 Å². The highest BCUT2D eigenvalue weighted by atomic mass is 16.6. The molecule has 1 amide bonds. The van der Waals surface area contributed by atoms with Gasteiger partial charge in [0.25, 0.3) is 0 Å². The third-order valence-corrected chi connectivity index (χ3v) is 3.28. The Labute approximate surface area is 123 Å². The van der Waals surface area contributed by atoms with E-state index in [1.54, 1.807) is 6.92 Å². The van der Waals surface area contributed by atoms with Crippen molar-refractivity contribution >= 4 is 12.1 Å². The zero-order chi connectivity index (χ0) is 15.2. The molecule has 6 nitrogen and oxygen atoms in total. The van der Waals surface area contributed by atoms with Gasteiger partial charge in [-0.3, -0.25) is 4.90 Å². The first kappa shape index (κ1) is 15.3. The molecule has 0 spiro atoms. The van der Waals surface area contributed by atoms with Gasteiger partial charge in [-0.25, -0.2) is 9.59 Å². The van der Waals surface area contributed by atoms with Crippen LogP contribution in [-0.4, -0.2) is 47.4 Å². The number of carbonyl (C=O) groups excluding carboxylic acids is 2. The molecule has 6 heteroatoms. The second kappa shape index (κ2) is 7.08.